The van der Waals surface area contributed by atoms with Crippen molar-refractivity contribution >= 4 is 5.69 Å². The zero-order chi connectivity index (χ0) is 10.3. The first-order chi connectivity index (χ1) is 6.52. The van der Waals surface area contributed by atoms with Crippen molar-refractivity contribution in [1.29, 1.82) is 0 Å². The van der Waals surface area contributed by atoms with Gasteiger partial charge >= 0.3 is 0 Å². The van der Waals surface area contributed by atoms with E-state index in [0.717, 1.165) is 0 Å². The SMILES string of the molecule is CC1c2c[c-]ccc2NC(C)(C)C1C.[Y]. The Bertz CT molecular complexity index is 346. The summed E-state index contributed by atoms with van der Waals surface area (Å²) in [7, 11) is 0. The molecule has 79 valence electrons. The molecule has 0 saturated carbocycles. The van der Waals surface area contributed by atoms with Gasteiger partial charge in [-0.05, 0) is 19.8 Å². The largest absolute Gasteiger partial charge is 0.401 e. The van der Waals surface area contributed by atoms with Gasteiger partial charge in [0.1, 0.15) is 0 Å². The van der Waals surface area contributed by atoms with Gasteiger partial charge in [-0.2, -0.15) is 18.2 Å². The Morgan fingerprint density at radius 3 is 2.67 bits per heavy atom. The topological polar surface area (TPSA) is 12.0 Å². The van der Waals surface area contributed by atoms with Crippen LogP contribution in [0, 0.1) is 12.0 Å². The van der Waals surface area contributed by atoms with E-state index in [1.54, 1.807) is 0 Å². The Kier molecular flexibility index (Phi) is 4.00. The van der Waals surface area contributed by atoms with Crippen molar-refractivity contribution in [2.45, 2.75) is 39.2 Å². The molecule has 0 spiro atoms. The van der Waals surface area contributed by atoms with Crippen LogP contribution in [-0.4, -0.2) is 5.54 Å². The predicted molar refractivity (Wildman–Crippen MR) is 60.6 cm³/mol. The quantitative estimate of drug-likeness (QED) is 0.716. The first-order valence-electron chi connectivity index (χ1n) is 5.30. The molecule has 1 N–H and O–H groups in total. The molecule has 1 heterocycles. The third kappa shape index (κ3) is 2.29. The van der Waals surface area contributed by atoms with Gasteiger partial charge in [0, 0.05) is 38.2 Å². The molecule has 1 radical (unpaired) electrons. The van der Waals surface area contributed by atoms with Crippen LogP contribution in [-0.2, 0) is 32.7 Å². The molecule has 2 unspecified atom stereocenters. The van der Waals surface area contributed by atoms with Crippen LogP contribution >= 0.6 is 0 Å². The summed E-state index contributed by atoms with van der Waals surface area (Å²) in [4.78, 5) is 0. The maximum Gasteiger partial charge on any atom is 0.0318 e. The Labute approximate surface area is 118 Å². The Balaban J connectivity index is 0.00000112. The van der Waals surface area contributed by atoms with Crippen molar-refractivity contribution in [1.82, 2.24) is 0 Å². The Morgan fingerprint density at radius 1 is 1.33 bits per heavy atom. The molecule has 0 saturated heterocycles. The van der Waals surface area contributed by atoms with Crippen molar-refractivity contribution in [2.24, 2.45) is 5.92 Å². The molecule has 1 aromatic carbocycles. The molecule has 15 heavy (non-hydrogen) atoms. The molecule has 1 nitrogen and oxygen atoms in total. The molecule has 2 atom stereocenters. The second-order valence-electron chi connectivity index (χ2n) is 4.94. The van der Waals surface area contributed by atoms with Crippen LogP contribution in [0.3, 0.4) is 0 Å². The minimum atomic E-state index is 0. The number of hydrogen-bond acceptors (Lipinski definition) is 1. The second kappa shape index (κ2) is 4.55. The van der Waals surface area contributed by atoms with Crippen molar-refractivity contribution in [3.8, 4) is 0 Å². The van der Waals surface area contributed by atoms with Crippen LogP contribution < -0.4 is 5.32 Å². The van der Waals surface area contributed by atoms with Gasteiger partial charge in [-0.1, -0.05) is 25.5 Å². The molecule has 0 aliphatic carbocycles. The molecule has 0 fully saturated rings. The summed E-state index contributed by atoms with van der Waals surface area (Å²) in [6.07, 6.45) is 0. The first kappa shape index (κ1) is 13.2. The normalized spacial score (nSPS) is 27.2. The smallest absolute Gasteiger partial charge is 0.0318 e. The summed E-state index contributed by atoms with van der Waals surface area (Å²) in [6, 6.07) is 9.37. The van der Waals surface area contributed by atoms with E-state index in [1.807, 2.05) is 6.07 Å². The summed E-state index contributed by atoms with van der Waals surface area (Å²) in [5, 5.41) is 3.60. The van der Waals surface area contributed by atoms with Gasteiger partial charge in [0.15, 0.2) is 0 Å². The number of nitrogens with one attached hydrogen (secondary N) is 1. The van der Waals surface area contributed by atoms with E-state index >= 15 is 0 Å². The molecule has 0 bridgehead atoms. The molecule has 1 aliphatic heterocycles. The van der Waals surface area contributed by atoms with Gasteiger partial charge in [0.25, 0.3) is 0 Å². The predicted octanol–water partition coefficient (Wildman–Crippen LogP) is 3.43. The van der Waals surface area contributed by atoms with E-state index in [-0.39, 0.29) is 38.2 Å². The fourth-order valence-electron chi connectivity index (χ4n) is 2.29. The van der Waals surface area contributed by atoms with Crippen molar-refractivity contribution in [3.63, 3.8) is 0 Å². The molecule has 0 amide bonds. The summed E-state index contributed by atoms with van der Waals surface area (Å²) in [6.45, 7) is 9.16. The maximum absolute atomic E-state index is 3.60. The molecular formula is C13H18NY-. The van der Waals surface area contributed by atoms with Crippen LogP contribution in [0.15, 0.2) is 18.2 Å². The van der Waals surface area contributed by atoms with Crippen molar-refractivity contribution < 1.29 is 32.7 Å². The van der Waals surface area contributed by atoms with E-state index in [1.165, 1.54) is 11.3 Å². The number of benzene rings is 1. The average molecular weight is 277 g/mol. The second-order valence-corrected chi connectivity index (χ2v) is 4.94. The van der Waals surface area contributed by atoms with Gasteiger partial charge in [-0.3, -0.25) is 0 Å². The van der Waals surface area contributed by atoms with Crippen molar-refractivity contribution in [2.75, 3.05) is 5.32 Å². The molecule has 2 rings (SSSR count). The average Bonchev–Trinajstić information content (AvgIpc) is 2.14. The molecule has 1 aliphatic rings. The summed E-state index contributed by atoms with van der Waals surface area (Å²) in [5.74, 6) is 1.25. The summed E-state index contributed by atoms with van der Waals surface area (Å²) in [5.41, 5.74) is 2.87. The van der Waals surface area contributed by atoms with Crippen LogP contribution in [0.4, 0.5) is 5.69 Å². The van der Waals surface area contributed by atoms with E-state index < -0.39 is 0 Å². The standard InChI is InChI=1S/C13H18N.Y/c1-9-10(2)13(3,4)14-12-8-6-5-7-11(9)12;/h6-10,14H,1-4H3;/q-1;. The number of hydrogen-bond donors (Lipinski definition) is 1. The first-order valence-corrected chi connectivity index (χ1v) is 5.30. The maximum atomic E-state index is 3.60. The number of anilines is 1. The molecule has 2 heteroatoms. The zero-order valence-electron chi connectivity index (χ0n) is 9.96. The fourth-order valence-corrected chi connectivity index (χ4v) is 2.29. The van der Waals surface area contributed by atoms with E-state index in [9.17, 15) is 0 Å². The van der Waals surface area contributed by atoms with Gasteiger partial charge in [-0.25, -0.2) is 0 Å². The van der Waals surface area contributed by atoms with Gasteiger partial charge in [-0.15, -0.1) is 11.6 Å². The molecular weight excluding hydrogens is 259 g/mol. The van der Waals surface area contributed by atoms with Crippen LogP contribution in [0.2, 0.25) is 0 Å². The summed E-state index contributed by atoms with van der Waals surface area (Å²) >= 11 is 0. The molecule has 1 aromatic rings. The van der Waals surface area contributed by atoms with Gasteiger partial charge in [0.2, 0.25) is 0 Å². The van der Waals surface area contributed by atoms with Gasteiger partial charge in [0.05, 0.1) is 0 Å². The van der Waals surface area contributed by atoms with Crippen molar-refractivity contribution in [3.05, 3.63) is 29.8 Å². The number of rotatable bonds is 0. The van der Waals surface area contributed by atoms with E-state index in [2.05, 4.69) is 51.2 Å². The molecule has 0 aromatic heterocycles. The van der Waals surface area contributed by atoms with E-state index in [4.69, 9.17) is 0 Å². The van der Waals surface area contributed by atoms with Crippen LogP contribution in [0.25, 0.3) is 0 Å². The Hall–Kier alpha value is 0.124. The van der Waals surface area contributed by atoms with Crippen LogP contribution in [0.1, 0.15) is 39.2 Å². The minimum absolute atomic E-state index is 0. The Morgan fingerprint density at radius 2 is 2.00 bits per heavy atom. The minimum Gasteiger partial charge on any atom is -0.401 e. The summed E-state index contributed by atoms with van der Waals surface area (Å²) < 4.78 is 0. The van der Waals surface area contributed by atoms with E-state index in [0.29, 0.717) is 11.8 Å². The fraction of sp³-hybridized carbons (Fsp3) is 0.538. The third-order valence-electron chi connectivity index (χ3n) is 3.73. The van der Waals surface area contributed by atoms with Gasteiger partial charge < -0.3 is 5.32 Å². The monoisotopic (exact) mass is 277 g/mol. The third-order valence-corrected chi connectivity index (χ3v) is 3.73. The van der Waals surface area contributed by atoms with Crippen LogP contribution in [0.5, 0.6) is 0 Å². The number of fused-ring (bicyclic) bond motifs is 1. The zero-order valence-corrected chi connectivity index (χ0v) is 12.8.